The Morgan fingerprint density at radius 3 is 2.36 bits per heavy atom. The number of nitrogens with zero attached hydrogens (tertiary/aromatic N) is 4. The zero-order valence-electron chi connectivity index (χ0n) is 18.9. The second-order valence-electron chi connectivity index (χ2n) is 7.56. The molecule has 0 N–H and O–H groups in total. The lowest BCUT2D eigenvalue weighted by molar-refractivity contribution is -0.433. The third-order valence-electron chi connectivity index (χ3n) is 5.13. The summed E-state index contributed by atoms with van der Waals surface area (Å²) in [7, 11) is 1.48. The fourth-order valence-corrected chi connectivity index (χ4v) is 3.81. The topological polar surface area (TPSA) is 96.7 Å². The highest BCUT2D eigenvalue weighted by molar-refractivity contribution is 6.30. The second kappa shape index (κ2) is 11.8. The fraction of sp³-hybridized carbons (Fsp3) is 0.348. The molecule has 8 nitrogen and oxygen atoms in total. The number of pyridine rings is 1. The molecular weight excluding hydrogens is 467 g/mol. The van der Waals surface area contributed by atoms with Gasteiger partial charge < -0.3 is 4.90 Å². The van der Waals surface area contributed by atoms with Crippen LogP contribution in [0.1, 0.15) is 44.2 Å². The van der Waals surface area contributed by atoms with Gasteiger partial charge in [-0.3, -0.25) is 24.6 Å². The number of amides is 1. The first kappa shape index (κ1) is 26.3. The maximum atomic E-state index is 12.5. The molecule has 1 atom stereocenters. The van der Waals surface area contributed by atoms with E-state index in [9.17, 15) is 19.7 Å². The van der Waals surface area contributed by atoms with Gasteiger partial charge >= 0.3 is 0 Å². The van der Waals surface area contributed by atoms with E-state index in [1.54, 1.807) is 47.5 Å². The molecule has 0 bridgehead atoms. The number of halogens is 2. The summed E-state index contributed by atoms with van der Waals surface area (Å²) in [4.78, 5) is 43.5. The Hall–Kier alpha value is -2.97. The van der Waals surface area contributed by atoms with Gasteiger partial charge in [-0.2, -0.15) is 0 Å². The Morgan fingerprint density at radius 1 is 1.18 bits per heavy atom. The number of hydrogen-bond acceptors (Lipinski definition) is 6. The third-order valence-corrected chi connectivity index (χ3v) is 5.59. The Balaban J connectivity index is 2.77. The van der Waals surface area contributed by atoms with E-state index in [0.717, 1.165) is 5.56 Å². The zero-order valence-corrected chi connectivity index (χ0v) is 20.4. The van der Waals surface area contributed by atoms with Crippen LogP contribution < -0.4 is 0 Å². The van der Waals surface area contributed by atoms with Gasteiger partial charge in [0.05, 0.1) is 10.8 Å². The smallest absolute Gasteiger partial charge is 0.294 e. The van der Waals surface area contributed by atoms with Crippen molar-refractivity contribution in [3.05, 3.63) is 85.5 Å². The van der Waals surface area contributed by atoms with E-state index >= 15 is 0 Å². The molecule has 1 amide bonds. The molecule has 2 aromatic rings. The molecule has 0 radical (unpaired) electrons. The number of hydrogen-bond donors (Lipinski definition) is 0. The molecule has 0 aliphatic heterocycles. The standard InChI is InChI=1S/C23H26Cl2N4O4/c1-5-28(14-17-9-10-21(25)26-13-17)23(27(4)16(3)31)22(29(32)33)20(11-15(2)30)18-7-6-8-19(24)12-18/h6-10,12-13,20H,5,11,14H2,1-4H3/b23-22-/t20-/m1/s1. The van der Waals surface area contributed by atoms with Gasteiger partial charge in [0.1, 0.15) is 10.9 Å². The van der Waals surface area contributed by atoms with Crippen LogP contribution in [0.5, 0.6) is 0 Å². The maximum absolute atomic E-state index is 12.5. The van der Waals surface area contributed by atoms with Crippen molar-refractivity contribution in [2.75, 3.05) is 13.6 Å². The van der Waals surface area contributed by atoms with Crippen molar-refractivity contribution in [3.63, 3.8) is 0 Å². The highest BCUT2D eigenvalue weighted by atomic mass is 35.5. The van der Waals surface area contributed by atoms with Crippen molar-refractivity contribution in [2.24, 2.45) is 0 Å². The van der Waals surface area contributed by atoms with Crippen LogP contribution in [0, 0.1) is 10.1 Å². The molecule has 1 heterocycles. The molecule has 33 heavy (non-hydrogen) atoms. The summed E-state index contributed by atoms with van der Waals surface area (Å²) in [6, 6.07) is 10.0. The van der Waals surface area contributed by atoms with Gasteiger partial charge in [0.25, 0.3) is 5.70 Å². The van der Waals surface area contributed by atoms with Crippen molar-refractivity contribution in [3.8, 4) is 0 Å². The van der Waals surface area contributed by atoms with E-state index in [0.29, 0.717) is 22.3 Å². The Morgan fingerprint density at radius 2 is 1.88 bits per heavy atom. The molecule has 1 aromatic carbocycles. The van der Waals surface area contributed by atoms with Crippen LogP contribution in [0.25, 0.3) is 0 Å². The number of Topliss-reactive ketones (excluding diaryl/α,β-unsaturated/α-hetero) is 1. The molecule has 0 unspecified atom stereocenters. The minimum absolute atomic E-state index is 0.108. The average Bonchev–Trinajstić information content (AvgIpc) is 2.75. The quantitative estimate of drug-likeness (QED) is 0.266. The fourth-order valence-electron chi connectivity index (χ4n) is 3.50. The number of nitro groups is 1. The highest BCUT2D eigenvalue weighted by Gasteiger charge is 2.37. The molecule has 0 fully saturated rings. The molecule has 176 valence electrons. The van der Waals surface area contributed by atoms with E-state index < -0.39 is 10.8 Å². The molecule has 0 saturated carbocycles. The number of benzene rings is 1. The second-order valence-corrected chi connectivity index (χ2v) is 8.38. The van der Waals surface area contributed by atoms with E-state index in [2.05, 4.69) is 4.98 Å². The Bertz CT molecular complexity index is 1060. The van der Waals surface area contributed by atoms with E-state index in [-0.39, 0.29) is 36.2 Å². The molecule has 0 aliphatic carbocycles. The summed E-state index contributed by atoms with van der Waals surface area (Å²) in [6.07, 6.45) is 1.46. The van der Waals surface area contributed by atoms with Crippen molar-refractivity contribution in [1.82, 2.24) is 14.8 Å². The number of ketones is 1. The van der Waals surface area contributed by atoms with Gasteiger partial charge in [-0.1, -0.05) is 41.4 Å². The number of aromatic nitrogens is 1. The van der Waals surface area contributed by atoms with Crippen LogP contribution in [0.3, 0.4) is 0 Å². The predicted molar refractivity (Wildman–Crippen MR) is 127 cm³/mol. The molecular formula is C23H26Cl2N4O4. The largest absolute Gasteiger partial charge is 0.348 e. The first-order valence-corrected chi connectivity index (χ1v) is 11.0. The normalized spacial score (nSPS) is 12.5. The average molecular weight is 493 g/mol. The van der Waals surface area contributed by atoms with E-state index in [1.807, 2.05) is 6.92 Å². The summed E-state index contributed by atoms with van der Waals surface area (Å²) in [5.74, 6) is -1.42. The van der Waals surface area contributed by atoms with Crippen molar-refractivity contribution in [2.45, 2.75) is 39.7 Å². The summed E-state index contributed by atoms with van der Waals surface area (Å²) in [5, 5.41) is 13.2. The summed E-state index contributed by atoms with van der Waals surface area (Å²) >= 11 is 12.0. The number of allylic oxidation sites excluding steroid dienone is 1. The van der Waals surface area contributed by atoms with Gasteiger partial charge in [0, 0.05) is 44.7 Å². The molecule has 0 saturated heterocycles. The predicted octanol–water partition coefficient (Wildman–Crippen LogP) is 4.90. The van der Waals surface area contributed by atoms with Crippen molar-refractivity contribution >= 4 is 34.9 Å². The minimum Gasteiger partial charge on any atom is -0.348 e. The number of rotatable bonds is 10. The van der Waals surface area contributed by atoms with Gasteiger partial charge in [-0.05, 0) is 43.2 Å². The first-order chi connectivity index (χ1) is 15.5. The Labute approximate surface area is 203 Å². The van der Waals surface area contributed by atoms with Crippen LogP contribution in [-0.4, -0.2) is 45.0 Å². The van der Waals surface area contributed by atoms with E-state index in [1.165, 1.54) is 25.8 Å². The molecule has 1 aromatic heterocycles. The maximum Gasteiger partial charge on any atom is 0.294 e. The van der Waals surface area contributed by atoms with Crippen molar-refractivity contribution < 1.29 is 14.5 Å². The van der Waals surface area contributed by atoms with E-state index in [4.69, 9.17) is 23.2 Å². The lowest BCUT2D eigenvalue weighted by Crippen LogP contribution is -2.39. The Kier molecular flexibility index (Phi) is 9.37. The van der Waals surface area contributed by atoms with Gasteiger partial charge in [-0.15, -0.1) is 0 Å². The molecule has 2 rings (SSSR count). The zero-order chi connectivity index (χ0) is 24.7. The molecule has 0 aliphatic rings. The minimum atomic E-state index is -0.912. The summed E-state index contributed by atoms with van der Waals surface area (Å²) in [6.45, 7) is 5.13. The number of carbonyl (C=O) groups is 2. The summed E-state index contributed by atoms with van der Waals surface area (Å²) < 4.78 is 0. The van der Waals surface area contributed by atoms with Gasteiger partial charge in [0.15, 0.2) is 5.82 Å². The number of carbonyl (C=O) groups excluding carboxylic acids is 2. The van der Waals surface area contributed by atoms with Gasteiger partial charge in [-0.25, -0.2) is 4.98 Å². The van der Waals surface area contributed by atoms with Crippen molar-refractivity contribution in [1.29, 1.82) is 0 Å². The van der Waals surface area contributed by atoms with Gasteiger partial charge in [0.2, 0.25) is 5.91 Å². The van der Waals surface area contributed by atoms with Crippen LogP contribution in [0.15, 0.2) is 54.1 Å². The molecule has 0 spiro atoms. The monoisotopic (exact) mass is 492 g/mol. The highest BCUT2D eigenvalue weighted by Crippen LogP contribution is 2.34. The van der Waals surface area contributed by atoms with Crippen LogP contribution in [0.4, 0.5) is 0 Å². The SMILES string of the molecule is CCN(Cc1ccc(Cl)nc1)/C(=C(/[C@H](CC(C)=O)c1cccc(Cl)c1)[N+](=O)[O-])N(C)C(C)=O. The lowest BCUT2D eigenvalue weighted by atomic mass is 9.90. The first-order valence-electron chi connectivity index (χ1n) is 10.3. The molecule has 10 heteroatoms. The summed E-state index contributed by atoms with van der Waals surface area (Å²) in [5.41, 5.74) is 1.02. The lowest BCUT2D eigenvalue weighted by Gasteiger charge is -2.32. The van der Waals surface area contributed by atoms with Crippen LogP contribution in [-0.2, 0) is 16.1 Å². The third kappa shape index (κ3) is 7.00. The van der Waals surface area contributed by atoms with Crippen LogP contribution >= 0.6 is 23.2 Å². The van der Waals surface area contributed by atoms with Crippen LogP contribution in [0.2, 0.25) is 10.2 Å².